The van der Waals surface area contributed by atoms with Gasteiger partial charge >= 0.3 is 0 Å². The Labute approximate surface area is 93.7 Å². The van der Waals surface area contributed by atoms with Crippen molar-refractivity contribution in [2.75, 3.05) is 6.61 Å². The van der Waals surface area contributed by atoms with Gasteiger partial charge in [0, 0.05) is 13.0 Å². The van der Waals surface area contributed by atoms with E-state index in [9.17, 15) is 0 Å². The van der Waals surface area contributed by atoms with Crippen LogP contribution in [0.2, 0.25) is 0 Å². The summed E-state index contributed by atoms with van der Waals surface area (Å²) in [5.74, 6) is 0. The lowest BCUT2D eigenvalue weighted by molar-refractivity contribution is 0.349. The average Bonchev–Trinajstić information content (AvgIpc) is 1.59. The monoisotopic (exact) mass is 468 g/mol. The van der Waals surface area contributed by atoms with E-state index in [1.54, 1.807) is 0 Å². The van der Waals surface area contributed by atoms with Gasteiger partial charge in [-0.15, -0.1) is 0 Å². The molecule has 0 aliphatic heterocycles. The predicted octanol–water partition coefficient (Wildman–Crippen LogP) is 1.63. The Bertz CT molecular complexity index is 62.0. The van der Waals surface area contributed by atoms with Crippen molar-refractivity contribution >= 4 is 78.3 Å². The lowest BCUT2D eigenvalue weighted by Gasteiger charge is -2.09. The van der Waals surface area contributed by atoms with Gasteiger partial charge in [0.25, 0.3) is 0 Å². The highest BCUT2D eigenvalue weighted by Gasteiger charge is 2.15. The van der Waals surface area contributed by atoms with Crippen molar-refractivity contribution in [3.8, 4) is 0 Å². The number of alkyl halides is 3. The molecule has 0 spiro atoms. The molecule has 1 nitrogen and oxygen atoms in total. The van der Waals surface area contributed by atoms with Crippen LogP contribution in [0.1, 0.15) is 6.42 Å². The molecule has 0 saturated heterocycles. The summed E-state index contributed by atoms with van der Waals surface area (Å²) in [6.45, 7) is 0.918. The number of hydrogen-bond acceptors (Lipinski definition) is 1. The van der Waals surface area contributed by atoms with Crippen molar-refractivity contribution in [2.24, 2.45) is 0 Å². The summed E-state index contributed by atoms with van der Waals surface area (Å²) in [7, 11) is 0.872. The van der Waals surface area contributed by atoms with Crippen LogP contribution in [0.5, 0.6) is 0 Å². The van der Waals surface area contributed by atoms with Gasteiger partial charge in [0.1, 0.15) is 9.92 Å². The van der Waals surface area contributed by atoms with Gasteiger partial charge in [-0.2, -0.15) is 0 Å². The highest BCUT2D eigenvalue weighted by Crippen LogP contribution is 2.38. The van der Waals surface area contributed by atoms with Gasteiger partial charge in [0.15, 0.2) is 0 Å². The zero-order valence-electron chi connectivity index (χ0n) is 4.46. The van der Waals surface area contributed by atoms with E-state index in [4.69, 9.17) is 4.43 Å². The maximum Gasteiger partial charge on any atom is 0.145 e. The van der Waals surface area contributed by atoms with E-state index in [1.165, 1.54) is 0 Å². The molecule has 0 aromatic rings. The summed E-state index contributed by atoms with van der Waals surface area (Å²) in [6.07, 6.45) is 1.14. The van der Waals surface area contributed by atoms with Crippen molar-refractivity contribution in [3.05, 3.63) is 0 Å². The van der Waals surface area contributed by atoms with Crippen LogP contribution in [-0.2, 0) is 4.43 Å². The SMILES string of the molecule is [SiH3]OCCC(I)(I)I. The summed E-state index contributed by atoms with van der Waals surface area (Å²) in [6, 6.07) is 0. The van der Waals surface area contributed by atoms with E-state index in [0.717, 1.165) is 23.5 Å². The van der Waals surface area contributed by atoms with E-state index in [-0.39, 0.29) is 0 Å². The Morgan fingerprint density at radius 1 is 1.38 bits per heavy atom. The first kappa shape index (κ1) is 10.4. The van der Waals surface area contributed by atoms with Crippen LogP contribution in [0.15, 0.2) is 0 Å². The molecule has 0 atom stereocenters. The Morgan fingerprint density at radius 2 is 1.88 bits per heavy atom. The lowest BCUT2D eigenvalue weighted by Crippen LogP contribution is -2.03. The Balaban J connectivity index is 3.11. The van der Waals surface area contributed by atoms with Crippen LogP contribution < -0.4 is 0 Å². The molecular weight excluding hydrogens is 461 g/mol. The maximum atomic E-state index is 5.04. The highest BCUT2D eigenvalue weighted by molar-refractivity contribution is 14.3. The van der Waals surface area contributed by atoms with Crippen molar-refractivity contribution in [3.63, 3.8) is 0 Å². The summed E-state index contributed by atoms with van der Waals surface area (Å²) >= 11 is 7.23. The van der Waals surface area contributed by atoms with Crippen LogP contribution in [0, 0.1) is 0 Å². The third-order valence-electron chi connectivity index (χ3n) is 0.590. The minimum atomic E-state index is 0.359. The van der Waals surface area contributed by atoms with Gasteiger partial charge in [0.2, 0.25) is 0 Å². The summed E-state index contributed by atoms with van der Waals surface area (Å²) < 4.78 is 5.40. The van der Waals surface area contributed by atoms with Crippen molar-refractivity contribution in [2.45, 2.75) is 5.86 Å². The molecule has 0 aliphatic rings. The fourth-order valence-corrected chi connectivity index (χ4v) is 1.08. The molecule has 50 valence electrons. The number of halogens is 3. The van der Waals surface area contributed by atoms with Crippen LogP contribution in [0.3, 0.4) is 0 Å². The zero-order chi connectivity index (χ0) is 6.62. The molecule has 0 amide bonds. The molecule has 0 bridgehead atoms. The molecule has 0 N–H and O–H groups in total. The molecule has 0 radical (unpaired) electrons. The molecule has 8 heavy (non-hydrogen) atoms. The van der Waals surface area contributed by atoms with E-state index < -0.39 is 0 Å². The molecule has 0 aromatic heterocycles. The molecule has 5 heteroatoms. The van der Waals surface area contributed by atoms with Crippen LogP contribution in [-0.4, -0.2) is 16.5 Å². The smallest absolute Gasteiger partial charge is 0.145 e. The second kappa shape index (κ2) is 5.08. The maximum absolute atomic E-state index is 5.04. The third kappa shape index (κ3) is 8.37. The minimum Gasteiger partial charge on any atom is -0.428 e. The standard InChI is InChI=1S/C3H7I3OSi/c4-3(5,6)1-2-7-8/h1-2H2,8H3. The van der Waals surface area contributed by atoms with Gasteiger partial charge in [-0.3, -0.25) is 0 Å². The molecule has 0 heterocycles. The Kier molecular flexibility index (Phi) is 6.58. The first-order valence-electron chi connectivity index (χ1n) is 2.12. The van der Waals surface area contributed by atoms with Gasteiger partial charge in [-0.1, -0.05) is 67.8 Å². The van der Waals surface area contributed by atoms with E-state index >= 15 is 0 Å². The lowest BCUT2D eigenvalue weighted by atomic mass is 10.5. The predicted molar refractivity (Wildman–Crippen MR) is 65.3 cm³/mol. The van der Waals surface area contributed by atoms with E-state index in [2.05, 4.69) is 67.8 Å². The normalized spacial score (nSPS) is 12.4. The number of rotatable bonds is 3. The molecule has 0 fully saturated rings. The second-order valence-corrected chi connectivity index (χ2v) is 13.7. The van der Waals surface area contributed by atoms with Gasteiger partial charge in [-0.05, 0) is 0 Å². The van der Waals surface area contributed by atoms with Gasteiger partial charge < -0.3 is 4.43 Å². The molecule has 0 unspecified atom stereocenters. The largest absolute Gasteiger partial charge is 0.428 e. The van der Waals surface area contributed by atoms with Crippen molar-refractivity contribution in [1.29, 1.82) is 0 Å². The first-order chi connectivity index (χ1) is 3.56. The van der Waals surface area contributed by atoms with Crippen LogP contribution in [0.25, 0.3) is 0 Å². The Morgan fingerprint density at radius 3 is 2.00 bits per heavy atom. The highest BCUT2D eigenvalue weighted by atomic mass is 127. The fourth-order valence-electron chi connectivity index (χ4n) is 0.218. The second-order valence-electron chi connectivity index (χ2n) is 1.36. The van der Waals surface area contributed by atoms with E-state index in [1.807, 2.05) is 0 Å². The molecular formula is C3H7I3OSi. The topological polar surface area (TPSA) is 9.23 Å². The quantitative estimate of drug-likeness (QED) is 0.348. The number of hydrogen-bond donors (Lipinski definition) is 0. The van der Waals surface area contributed by atoms with Crippen LogP contribution >= 0.6 is 67.8 Å². The molecule has 0 aliphatic carbocycles. The summed E-state index contributed by atoms with van der Waals surface area (Å²) in [4.78, 5) is 0. The van der Waals surface area contributed by atoms with Gasteiger partial charge in [-0.25, -0.2) is 0 Å². The first-order valence-corrected chi connectivity index (χ1v) is 6.17. The fraction of sp³-hybridized carbons (Fsp3) is 1.00. The minimum absolute atomic E-state index is 0.359. The molecule has 0 saturated carbocycles. The average molecular weight is 468 g/mol. The molecule has 0 rings (SSSR count). The summed E-state index contributed by atoms with van der Waals surface area (Å²) in [5.41, 5.74) is 0. The molecule has 0 aromatic carbocycles. The zero-order valence-corrected chi connectivity index (χ0v) is 12.9. The summed E-state index contributed by atoms with van der Waals surface area (Å²) in [5, 5.41) is 0. The third-order valence-corrected chi connectivity index (χ3v) is 2.62. The van der Waals surface area contributed by atoms with Gasteiger partial charge in [0.05, 0.1) is 0 Å². The van der Waals surface area contributed by atoms with Crippen LogP contribution in [0.4, 0.5) is 0 Å². The Hall–Kier alpha value is 2.37. The van der Waals surface area contributed by atoms with E-state index in [0.29, 0.717) is -0.565 Å². The van der Waals surface area contributed by atoms with Crippen molar-refractivity contribution < 1.29 is 4.43 Å². The van der Waals surface area contributed by atoms with Crippen molar-refractivity contribution in [1.82, 2.24) is 0 Å².